The molecule has 1 aromatic carbocycles. The molecule has 0 bridgehead atoms. The molecule has 1 aliphatic heterocycles. The van der Waals surface area contributed by atoms with Crippen LogP contribution in [-0.2, 0) is 4.74 Å². The van der Waals surface area contributed by atoms with Gasteiger partial charge in [-0.3, -0.25) is 10.1 Å². The van der Waals surface area contributed by atoms with E-state index in [-0.39, 0.29) is 18.4 Å². The van der Waals surface area contributed by atoms with Gasteiger partial charge in [0, 0.05) is 19.2 Å². The molecule has 0 aliphatic carbocycles. The number of aromatic nitrogens is 2. The Bertz CT molecular complexity index is 716. The zero-order valence-corrected chi connectivity index (χ0v) is 12.7. The smallest absolute Gasteiger partial charge is 0.272 e. The number of benzene rings is 1. The summed E-state index contributed by atoms with van der Waals surface area (Å²) in [6, 6.07) is 3.64. The highest BCUT2D eigenvalue weighted by molar-refractivity contribution is 5.52. The zero-order valence-electron chi connectivity index (χ0n) is 12.7. The average molecular weight is 334 g/mol. The first-order valence-corrected chi connectivity index (χ1v) is 7.32. The molecule has 1 unspecified atom stereocenters. The Kier molecular flexibility index (Phi) is 4.80. The summed E-state index contributed by atoms with van der Waals surface area (Å²) in [5.41, 5.74) is 0.0467. The first-order valence-electron chi connectivity index (χ1n) is 7.32. The second-order valence-electron chi connectivity index (χ2n) is 5.22. The fourth-order valence-corrected chi connectivity index (χ4v) is 2.45. The third-order valence-corrected chi connectivity index (χ3v) is 3.59. The van der Waals surface area contributed by atoms with E-state index in [1.807, 2.05) is 0 Å². The van der Waals surface area contributed by atoms with Crippen LogP contribution in [0.25, 0.3) is 0 Å². The van der Waals surface area contributed by atoms with Crippen LogP contribution in [0.4, 0.5) is 15.8 Å². The van der Waals surface area contributed by atoms with E-state index in [1.54, 1.807) is 17.3 Å². The molecule has 1 aliphatic rings. The molecule has 1 fully saturated rings. The minimum absolute atomic E-state index is 0.256. The fourth-order valence-electron chi connectivity index (χ4n) is 2.45. The van der Waals surface area contributed by atoms with Crippen LogP contribution in [0, 0.1) is 15.9 Å². The summed E-state index contributed by atoms with van der Waals surface area (Å²) in [6.45, 7) is 1.61. The Morgan fingerprint density at radius 1 is 1.42 bits per heavy atom. The van der Waals surface area contributed by atoms with Crippen molar-refractivity contribution in [2.24, 2.45) is 0 Å². The molecule has 24 heavy (non-hydrogen) atoms. The van der Waals surface area contributed by atoms with Crippen molar-refractivity contribution in [3.63, 3.8) is 0 Å². The van der Waals surface area contributed by atoms with Crippen LogP contribution in [0.15, 0.2) is 36.9 Å². The Balaban J connectivity index is 1.64. The van der Waals surface area contributed by atoms with E-state index in [2.05, 4.69) is 9.97 Å². The van der Waals surface area contributed by atoms with Crippen molar-refractivity contribution < 1.29 is 18.8 Å². The van der Waals surface area contributed by atoms with Gasteiger partial charge in [0.05, 0.1) is 35.7 Å². The average Bonchev–Trinajstić information content (AvgIpc) is 2.61. The van der Waals surface area contributed by atoms with Crippen LogP contribution in [0.2, 0.25) is 0 Å². The summed E-state index contributed by atoms with van der Waals surface area (Å²) in [4.78, 5) is 19.6. The Hall–Kier alpha value is -2.81. The minimum Gasteiger partial charge on any atom is -0.488 e. The second-order valence-corrected chi connectivity index (χ2v) is 5.22. The normalized spacial score (nSPS) is 17.5. The van der Waals surface area contributed by atoms with Gasteiger partial charge in [-0.25, -0.2) is 14.4 Å². The van der Waals surface area contributed by atoms with Gasteiger partial charge in [0.15, 0.2) is 11.6 Å². The maximum Gasteiger partial charge on any atom is 0.272 e. The lowest BCUT2D eigenvalue weighted by atomic mass is 10.2. The predicted octanol–water partition coefficient (Wildman–Crippen LogP) is 1.81. The highest BCUT2D eigenvalue weighted by Gasteiger charge is 2.24. The zero-order chi connectivity index (χ0) is 16.9. The highest BCUT2D eigenvalue weighted by Crippen LogP contribution is 2.25. The first kappa shape index (κ1) is 16.1. The third kappa shape index (κ3) is 3.74. The molecule has 2 aromatic rings. The monoisotopic (exact) mass is 334 g/mol. The number of rotatable bonds is 5. The summed E-state index contributed by atoms with van der Waals surface area (Å²) in [5, 5.41) is 10.7. The van der Waals surface area contributed by atoms with Crippen LogP contribution >= 0.6 is 0 Å². The van der Waals surface area contributed by atoms with Gasteiger partial charge < -0.3 is 14.4 Å². The molecule has 0 spiro atoms. The van der Waals surface area contributed by atoms with Crippen LogP contribution in [-0.4, -0.2) is 47.3 Å². The summed E-state index contributed by atoms with van der Waals surface area (Å²) in [5.74, 6) is -0.0954. The summed E-state index contributed by atoms with van der Waals surface area (Å²) >= 11 is 0. The lowest BCUT2D eigenvalue weighted by Gasteiger charge is -2.34. The summed E-state index contributed by atoms with van der Waals surface area (Å²) in [6.07, 6.45) is 4.24. The fraction of sp³-hybridized carbons (Fsp3) is 0.333. The molecular weight excluding hydrogens is 319 g/mol. The quantitative estimate of drug-likeness (QED) is 0.608. The van der Waals surface area contributed by atoms with E-state index in [1.165, 1.54) is 18.5 Å². The molecule has 9 heteroatoms. The van der Waals surface area contributed by atoms with Gasteiger partial charge in [-0.05, 0) is 6.07 Å². The van der Waals surface area contributed by atoms with Crippen molar-refractivity contribution in [3.8, 4) is 5.75 Å². The Morgan fingerprint density at radius 2 is 2.21 bits per heavy atom. The lowest BCUT2D eigenvalue weighted by molar-refractivity contribution is -0.385. The van der Waals surface area contributed by atoms with Crippen molar-refractivity contribution in [1.29, 1.82) is 0 Å². The number of nitro groups is 1. The van der Waals surface area contributed by atoms with Crippen molar-refractivity contribution in [1.82, 2.24) is 9.97 Å². The summed E-state index contributed by atoms with van der Waals surface area (Å²) < 4.78 is 25.3. The van der Waals surface area contributed by atoms with E-state index in [9.17, 15) is 14.5 Å². The number of non-ortho nitro benzene ring substituents is 1. The number of halogens is 1. The molecule has 3 rings (SSSR count). The standard InChI is InChI=1S/C15H15FN4O4/c16-14-5-11(20(21)22)1-2-15(14)19-3-4-23-13(8-19)9-24-12-6-17-10-18-7-12/h1-2,5-7,10,13H,3-4,8-9H2. The van der Waals surface area contributed by atoms with Crippen LogP contribution in [0.5, 0.6) is 5.75 Å². The van der Waals surface area contributed by atoms with Crippen molar-refractivity contribution >= 4 is 11.4 Å². The number of morpholine rings is 1. The third-order valence-electron chi connectivity index (χ3n) is 3.59. The van der Waals surface area contributed by atoms with E-state index in [0.717, 1.165) is 6.07 Å². The van der Waals surface area contributed by atoms with Gasteiger partial charge in [0.25, 0.3) is 5.69 Å². The molecule has 2 heterocycles. The number of hydrogen-bond donors (Lipinski definition) is 0. The van der Waals surface area contributed by atoms with Gasteiger partial charge in [-0.2, -0.15) is 0 Å². The van der Waals surface area contributed by atoms with Gasteiger partial charge >= 0.3 is 0 Å². The van der Waals surface area contributed by atoms with Crippen molar-refractivity contribution in [3.05, 3.63) is 52.9 Å². The molecule has 1 aromatic heterocycles. The number of anilines is 1. The van der Waals surface area contributed by atoms with Crippen molar-refractivity contribution in [2.75, 3.05) is 31.2 Å². The topological polar surface area (TPSA) is 90.6 Å². The SMILES string of the molecule is O=[N+]([O-])c1ccc(N2CCOC(COc3cncnc3)C2)c(F)c1. The number of nitro benzene ring substituents is 1. The molecule has 126 valence electrons. The maximum atomic E-state index is 14.1. The van der Waals surface area contributed by atoms with Gasteiger partial charge in [0.2, 0.25) is 0 Å². The van der Waals surface area contributed by atoms with Gasteiger partial charge in [-0.1, -0.05) is 0 Å². The van der Waals surface area contributed by atoms with E-state index >= 15 is 0 Å². The van der Waals surface area contributed by atoms with Crippen LogP contribution in [0.1, 0.15) is 0 Å². The lowest BCUT2D eigenvalue weighted by Crippen LogP contribution is -2.45. The molecule has 0 saturated carbocycles. The van der Waals surface area contributed by atoms with E-state index in [0.29, 0.717) is 31.1 Å². The van der Waals surface area contributed by atoms with Crippen molar-refractivity contribution in [2.45, 2.75) is 6.10 Å². The van der Waals surface area contributed by atoms with Crippen LogP contribution < -0.4 is 9.64 Å². The minimum atomic E-state index is -0.623. The van der Waals surface area contributed by atoms with Gasteiger partial charge in [0.1, 0.15) is 19.0 Å². The first-order chi connectivity index (χ1) is 11.6. The van der Waals surface area contributed by atoms with Crippen LogP contribution in [0.3, 0.4) is 0 Å². The maximum absolute atomic E-state index is 14.1. The number of ether oxygens (including phenoxy) is 2. The Morgan fingerprint density at radius 3 is 2.92 bits per heavy atom. The number of nitrogens with zero attached hydrogens (tertiary/aromatic N) is 4. The molecule has 0 amide bonds. The predicted molar refractivity (Wildman–Crippen MR) is 82.5 cm³/mol. The molecule has 1 saturated heterocycles. The molecule has 0 radical (unpaired) electrons. The second kappa shape index (κ2) is 7.18. The highest BCUT2D eigenvalue weighted by atomic mass is 19.1. The van der Waals surface area contributed by atoms with E-state index in [4.69, 9.17) is 9.47 Å². The molecular formula is C15H15FN4O4. The largest absolute Gasteiger partial charge is 0.488 e. The molecule has 8 nitrogen and oxygen atoms in total. The summed E-state index contributed by atoms with van der Waals surface area (Å²) in [7, 11) is 0. The molecule has 1 atom stereocenters. The Labute approximate surface area is 137 Å². The van der Waals surface area contributed by atoms with Gasteiger partial charge in [-0.15, -0.1) is 0 Å². The number of hydrogen-bond acceptors (Lipinski definition) is 7. The molecule has 0 N–H and O–H groups in total. The van der Waals surface area contributed by atoms with E-state index < -0.39 is 10.7 Å².